The Bertz CT molecular complexity index is 431. The van der Waals surface area contributed by atoms with Gasteiger partial charge in [0, 0.05) is 18.3 Å². The number of hydrogen-bond donors (Lipinski definition) is 1. The van der Waals surface area contributed by atoms with Crippen LogP contribution >= 0.6 is 11.3 Å². The highest BCUT2D eigenvalue weighted by atomic mass is 32.1. The fourth-order valence-corrected chi connectivity index (χ4v) is 2.30. The van der Waals surface area contributed by atoms with Crippen molar-refractivity contribution >= 4 is 23.7 Å². The first-order valence-corrected chi connectivity index (χ1v) is 7.27. The van der Waals surface area contributed by atoms with Crippen LogP contribution in [-0.2, 0) is 11.3 Å². The van der Waals surface area contributed by atoms with Crippen LogP contribution in [0.3, 0.4) is 0 Å². The van der Waals surface area contributed by atoms with E-state index in [1.807, 2.05) is 12.3 Å². The molecule has 0 radical (unpaired) electrons. The second kappa shape index (κ2) is 7.23. The predicted molar refractivity (Wildman–Crippen MR) is 76.3 cm³/mol. The summed E-state index contributed by atoms with van der Waals surface area (Å²) in [6, 6.07) is -0.672. The van der Waals surface area contributed by atoms with E-state index < -0.39 is 6.04 Å². The molecule has 0 fully saturated rings. The Morgan fingerprint density at radius 1 is 1.58 bits per heavy atom. The maximum atomic E-state index is 11.8. The van der Waals surface area contributed by atoms with Crippen molar-refractivity contribution in [3.63, 3.8) is 0 Å². The number of nitrogens with zero attached hydrogens (tertiary/aromatic N) is 2. The molecule has 6 heteroatoms. The first kappa shape index (κ1) is 15.6. The van der Waals surface area contributed by atoms with Gasteiger partial charge in [-0.15, -0.1) is 11.3 Å². The zero-order valence-corrected chi connectivity index (χ0v) is 12.7. The second-order valence-corrected chi connectivity index (χ2v) is 5.68. The second-order valence-electron chi connectivity index (χ2n) is 4.79. The van der Waals surface area contributed by atoms with Crippen LogP contribution in [0.5, 0.6) is 0 Å². The average molecular weight is 283 g/mol. The lowest BCUT2D eigenvalue weighted by Gasteiger charge is -2.19. The number of aromatic nitrogens is 1. The lowest BCUT2D eigenvalue weighted by atomic mass is 10.2. The standard InChI is InChI=1S/C13H21N3O2S/c1-5-10(7-17)15-13(18)16(4)6-11-8-19-12(14-11)9(2)3/h7-10H,5-6H2,1-4H3,(H,15,18). The molecular weight excluding hydrogens is 262 g/mol. The van der Waals surface area contributed by atoms with E-state index in [9.17, 15) is 9.59 Å². The van der Waals surface area contributed by atoms with Crippen molar-refractivity contribution in [2.75, 3.05) is 7.05 Å². The largest absolute Gasteiger partial charge is 0.328 e. The fraction of sp³-hybridized carbons (Fsp3) is 0.615. The van der Waals surface area contributed by atoms with Gasteiger partial charge in [-0.1, -0.05) is 20.8 Å². The lowest BCUT2D eigenvalue weighted by molar-refractivity contribution is -0.109. The number of carbonyl (C=O) groups is 2. The lowest BCUT2D eigenvalue weighted by Crippen LogP contribution is -2.43. The molecular formula is C13H21N3O2S. The maximum absolute atomic E-state index is 11.8. The molecule has 1 atom stereocenters. The van der Waals surface area contributed by atoms with Crippen molar-refractivity contribution in [1.82, 2.24) is 15.2 Å². The number of thiazole rings is 1. The topological polar surface area (TPSA) is 62.3 Å². The molecule has 2 amide bonds. The van der Waals surface area contributed by atoms with Gasteiger partial charge in [0.2, 0.25) is 0 Å². The number of aldehydes is 1. The van der Waals surface area contributed by atoms with Gasteiger partial charge in [0.1, 0.15) is 6.29 Å². The molecule has 1 rings (SSSR count). The minimum atomic E-state index is -0.420. The van der Waals surface area contributed by atoms with Gasteiger partial charge < -0.3 is 15.0 Å². The molecule has 1 aromatic heterocycles. The molecule has 0 spiro atoms. The minimum absolute atomic E-state index is 0.252. The Labute approximate surface area is 118 Å². The van der Waals surface area contributed by atoms with Crippen molar-refractivity contribution in [2.45, 2.75) is 45.7 Å². The molecule has 0 aliphatic heterocycles. The van der Waals surface area contributed by atoms with E-state index in [1.165, 1.54) is 4.90 Å². The van der Waals surface area contributed by atoms with Crippen LogP contribution < -0.4 is 5.32 Å². The van der Waals surface area contributed by atoms with Crippen LogP contribution in [0.4, 0.5) is 4.79 Å². The van der Waals surface area contributed by atoms with E-state index in [0.29, 0.717) is 18.9 Å². The normalized spacial score (nSPS) is 12.3. The SMILES string of the molecule is CCC(C=O)NC(=O)N(C)Cc1csc(C(C)C)n1. The van der Waals surface area contributed by atoms with Crippen LogP contribution in [0.25, 0.3) is 0 Å². The number of hydrogen-bond acceptors (Lipinski definition) is 4. The van der Waals surface area contributed by atoms with Crippen LogP contribution in [0.2, 0.25) is 0 Å². The summed E-state index contributed by atoms with van der Waals surface area (Å²) in [4.78, 5) is 28.5. The summed E-state index contributed by atoms with van der Waals surface area (Å²) in [6.45, 7) is 6.49. The minimum Gasteiger partial charge on any atom is -0.328 e. The monoisotopic (exact) mass is 283 g/mol. The van der Waals surface area contributed by atoms with Crippen LogP contribution in [0.15, 0.2) is 5.38 Å². The third kappa shape index (κ3) is 4.63. The van der Waals surface area contributed by atoms with E-state index in [2.05, 4.69) is 24.1 Å². The van der Waals surface area contributed by atoms with Crippen molar-refractivity contribution in [2.24, 2.45) is 0 Å². The smallest absolute Gasteiger partial charge is 0.318 e. The predicted octanol–water partition coefficient (Wildman–Crippen LogP) is 2.39. The number of amides is 2. The molecule has 19 heavy (non-hydrogen) atoms. The highest BCUT2D eigenvalue weighted by molar-refractivity contribution is 7.09. The summed E-state index contributed by atoms with van der Waals surface area (Å²) in [5.41, 5.74) is 0.880. The van der Waals surface area contributed by atoms with E-state index in [-0.39, 0.29) is 6.03 Å². The fourth-order valence-electron chi connectivity index (χ4n) is 1.48. The highest BCUT2D eigenvalue weighted by Gasteiger charge is 2.15. The molecule has 1 heterocycles. The first-order chi connectivity index (χ1) is 8.97. The number of rotatable bonds is 6. The van der Waals surface area contributed by atoms with Crippen molar-refractivity contribution in [1.29, 1.82) is 0 Å². The highest BCUT2D eigenvalue weighted by Crippen LogP contribution is 2.19. The molecule has 106 valence electrons. The quantitative estimate of drug-likeness (QED) is 0.815. The molecule has 0 aliphatic rings. The Balaban J connectivity index is 2.55. The van der Waals surface area contributed by atoms with Gasteiger partial charge in [0.25, 0.3) is 0 Å². The molecule has 1 aromatic rings. The molecule has 0 bridgehead atoms. The summed E-state index contributed by atoms with van der Waals surface area (Å²) >= 11 is 1.61. The van der Waals surface area contributed by atoms with E-state index in [1.54, 1.807) is 18.4 Å². The Hall–Kier alpha value is -1.43. The number of carbonyl (C=O) groups excluding carboxylic acids is 2. The first-order valence-electron chi connectivity index (χ1n) is 6.39. The van der Waals surface area contributed by atoms with Crippen LogP contribution in [-0.4, -0.2) is 35.3 Å². The summed E-state index contributed by atoms with van der Waals surface area (Å²) in [5.74, 6) is 0.400. The van der Waals surface area contributed by atoms with Gasteiger partial charge in [0.05, 0.1) is 23.3 Å². The van der Waals surface area contributed by atoms with Crippen LogP contribution in [0, 0.1) is 0 Å². The van der Waals surface area contributed by atoms with E-state index in [4.69, 9.17) is 0 Å². The van der Waals surface area contributed by atoms with Crippen molar-refractivity contribution < 1.29 is 9.59 Å². The molecule has 1 N–H and O–H groups in total. The van der Waals surface area contributed by atoms with E-state index >= 15 is 0 Å². The van der Waals surface area contributed by atoms with Gasteiger partial charge in [-0.25, -0.2) is 9.78 Å². The maximum Gasteiger partial charge on any atom is 0.318 e. The zero-order valence-electron chi connectivity index (χ0n) is 11.8. The molecule has 0 saturated carbocycles. The third-order valence-electron chi connectivity index (χ3n) is 2.72. The summed E-state index contributed by atoms with van der Waals surface area (Å²) in [6.07, 6.45) is 1.35. The van der Waals surface area contributed by atoms with Crippen molar-refractivity contribution in [3.8, 4) is 0 Å². The summed E-state index contributed by atoms with van der Waals surface area (Å²) in [5, 5.41) is 5.70. The summed E-state index contributed by atoms with van der Waals surface area (Å²) < 4.78 is 0. The molecule has 0 saturated heterocycles. The van der Waals surface area contributed by atoms with Gasteiger partial charge in [-0.05, 0) is 6.42 Å². The zero-order chi connectivity index (χ0) is 14.4. The van der Waals surface area contributed by atoms with Crippen LogP contribution in [0.1, 0.15) is 43.8 Å². The molecule has 5 nitrogen and oxygen atoms in total. The Kier molecular flexibility index (Phi) is 5.95. The van der Waals surface area contributed by atoms with E-state index in [0.717, 1.165) is 17.0 Å². The third-order valence-corrected chi connectivity index (χ3v) is 3.92. The summed E-state index contributed by atoms with van der Waals surface area (Å²) in [7, 11) is 1.70. The Morgan fingerprint density at radius 2 is 2.26 bits per heavy atom. The van der Waals surface area contributed by atoms with Crippen molar-refractivity contribution in [3.05, 3.63) is 16.1 Å². The molecule has 0 aliphatic carbocycles. The Morgan fingerprint density at radius 3 is 2.74 bits per heavy atom. The van der Waals surface area contributed by atoms with Gasteiger partial charge >= 0.3 is 6.03 Å². The van der Waals surface area contributed by atoms with Gasteiger partial charge in [0.15, 0.2) is 0 Å². The molecule has 1 unspecified atom stereocenters. The number of urea groups is 1. The van der Waals surface area contributed by atoms with Gasteiger partial charge in [-0.3, -0.25) is 0 Å². The van der Waals surface area contributed by atoms with Gasteiger partial charge in [-0.2, -0.15) is 0 Å². The molecule has 0 aromatic carbocycles. The average Bonchev–Trinajstić information content (AvgIpc) is 2.84. The number of nitrogens with one attached hydrogen (secondary N) is 1.